The van der Waals surface area contributed by atoms with Crippen LogP contribution >= 0.6 is 11.6 Å². The second-order valence-electron chi connectivity index (χ2n) is 5.03. The fourth-order valence-electron chi connectivity index (χ4n) is 2.14. The number of amidine groups is 1. The molecule has 2 rings (SSSR count). The minimum atomic E-state index is -0.0209. The maximum atomic E-state index is 12.6. The average molecular weight is 296 g/mol. The Labute approximate surface area is 123 Å². The van der Waals surface area contributed by atoms with Crippen molar-refractivity contribution in [2.75, 3.05) is 6.54 Å². The van der Waals surface area contributed by atoms with Crippen LogP contribution in [0.4, 0.5) is 0 Å². The van der Waals surface area contributed by atoms with E-state index >= 15 is 0 Å². The highest BCUT2D eigenvalue weighted by atomic mass is 35.5. The highest BCUT2D eigenvalue weighted by Crippen LogP contribution is 2.29. The molecule has 0 spiro atoms. The fourth-order valence-corrected chi connectivity index (χ4v) is 2.37. The number of hydrogen-bond acceptors (Lipinski definition) is 3. The average Bonchev–Trinajstić information content (AvgIpc) is 3.23. The predicted molar refractivity (Wildman–Crippen MR) is 78.3 cm³/mol. The lowest BCUT2D eigenvalue weighted by Gasteiger charge is -2.23. The van der Waals surface area contributed by atoms with Gasteiger partial charge in [0.2, 0.25) is 0 Å². The SMILES string of the molecule is Cc1cc(Cl)ccc1C(=O)N(CC/C(N)=N/O)C1CC1. The predicted octanol–water partition coefficient (Wildman–Crippen LogP) is 2.39. The van der Waals surface area contributed by atoms with Crippen molar-refractivity contribution in [3.8, 4) is 0 Å². The van der Waals surface area contributed by atoms with E-state index < -0.39 is 0 Å². The van der Waals surface area contributed by atoms with E-state index in [-0.39, 0.29) is 17.8 Å². The third kappa shape index (κ3) is 3.42. The largest absolute Gasteiger partial charge is 0.409 e. The van der Waals surface area contributed by atoms with Crippen molar-refractivity contribution < 1.29 is 10.0 Å². The van der Waals surface area contributed by atoms with Crippen LogP contribution in [0.15, 0.2) is 23.4 Å². The van der Waals surface area contributed by atoms with Gasteiger partial charge in [0.05, 0.1) is 0 Å². The van der Waals surface area contributed by atoms with Gasteiger partial charge in [0.15, 0.2) is 0 Å². The molecule has 1 fully saturated rings. The van der Waals surface area contributed by atoms with E-state index in [0.717, 1.165) is 18.4 Å². The molecule has 1 aromatic rings. The Morgan fingerprint density at radius 3 is 2.80 bits per heavy atom. The highest BCUT2D eigenvalue weighted by molar-refractivity contribution is 6.30. The molecular formula is C14H18ClN3O2. The lowest BCUT2D eigenvalue weighted by molar-refractivity contribution is 0.0746. The van der Waals surface area contributed by atoms with Crippen LogP contribution in [0, 0.1) is 6.92 Å². The third-order valence-electron chi connectivity index (χ3n) is 3.40. The molecule has 0 heterocycles. The Bertz CT molecular complexity index is 541. The Morgan fingerprint density at radius 1 is 1.55 bits per heavy atom. The van der Waals surface area contributed by atoms with Crippen LogP contribution < -0.4 is 5.73 Å². The van der Waals surface area contributed by atoms with Crippen molar-refractivity contribution in [1.82, 2.24) is 4.90 Å². The minimum absolute atomic E-state index is 0.0209. The van der Waals surface area contributed by atoms with Crippen molar-refractivity contribution in [2.24, 2.45) is 10.9 Å². The number of amides is 1. The number of halogens is 1. The Morgan fingerprint density at radius 2 is 2.25 bits per heavy atom. The monoisotopic (exact) mass is 295 g/mol. The van der Waals surface area contributed by atoms with Gasteiger partial charge in [-0.05, 0) is 43.5 Å². The maximum absolute atomic E-state index is 12.6. The molecule has 1 aliphatic rings. The molecule has 0 saturated heterocycles. The summed E-state index contributed by atoms with van der Waals surface area (Å²) in [5.74, 6) is 0.115. The highest BCUT2D eigenvalue weighted by Gasteiger charge is 2.33. The first-order valence-electron chi connectivity index (χ1n) is 6.56. The van der Waals surface area contributed by atoms with Gasteiger partial charge in [-0.1, -0.05) is 16.8 Å². The molecule has 0 unspecified atom stereocenters. The van der Waals surface area contributed by atoms with E-state index in [1.807, 2.05) is 6.92 Å². The number of benzene rings is 1. The molecule has 1 saturated carbocycles. The van der Waals surface area contributed by atoms with E-state index in [9.17, 15) is 4.79 Å². The zero-order chi connectivity index (χ0) is 14.7. The van der Waals surface area contributed by atoms with Gasteiger partial charge in [0.25, 0.3) is 5.91 Å². The standard InChI is InChI=1S/C14H18ClN3O2/c1-9-8-10(15)2-5-12(9)14(19)18(11-3-4-11)7-6-13(16)17-20/h2,5,8,11,20H,3-4,6-7H2,1H3,(H2,16,17). The van der Waals surface area contributed by atoms with Gasteiger partial charge in [0, 0.05) is 29.6 Å². The van der Waals surface area contributed by atoms with Crippen LogP contribution in [0.3, 0.4) is 0 Å². The molecular weight excluding hydrogens is 278 g/mol. The molecule has 5 nitrogen and oxygen atoms in total. The number of aryl methyl sites for hydroxylation is 1. The molecule has 0 radical (unpaired) electrons. The molecule has 0 aromatic heterocycles. The number of hydrogen-bond donors (Lipinski definition) is 2. The van der Waals surface area contributed by atoms with E-state index in [4.69, 9.17) is 22.5 Å². The Balaban J connectivity index is 2.14. The molecule has 1 aliphatic carbocycles. The molecule has 0 aliphatic heterocycles. The summed E-state index contributed by atoms with van der Waals surface area (Å²) in [5, 5.41) is 12.1. The summed E-state index contributed by atoms with van der Waals surface area (Å²) in [6, 6.07) is 5.52. The number of nitrogens with zero attached hydrogens (tertiary/aromatic N) is 2. The molecule has 0 bridgehead atoms. The van der Waals surface area contributed by atoms with Crippen LogP contribution in [0.2, 0.25) is 5.02 Å². The first-order valence-corrected chi connectivity index (χ1v) is 6.94. The number of rotatable bonds is 5. The van der Waals surface area contributed by atoms with Gasteiger partial charge < -0.3 is 15.8 Å². The molecule has 1 aromatic carbocycles. The lowest BCUT2D eigenvalue weighted by Crippen LogP contribution is -2.36. The normalized spacial score (nSPS) is 15.2. The van der Waals surface area contributed by atoms with Gasteiger partial charge in [-0.15, -0.1) is 0 Å². The zero-order valence-electron chi connectivity index (χ0n) is 11.3. The third-order valence-corrected chi connectivity index (χ3v) is 3.64. The van der Waals surface area contributed by atoms with E-state index in [1.165, 1.54) is 0 Å². The number of carbonyl (C=O) groups is 1. The quantitative estimate of drug-likeness (QED) is 0.379. The van der Waals surface area contributed by atoms with E-state index in [1.54, 1.807) is 23.1 Å². The van der Waals surface area contributed by atoms with Crippen molar-refractivity contribution in [1.29, 1.82) is 0 Å². The fraction of sp³-hybridized carbons (Fsp3) is 0.429. The minimum Gasteiger partial charge on any atom is -0.409 e. The van der Waals surface area contributed by atoms with Crippen molar-refractivity contribution >= 4 is 23.3 Å². The summed E-state index contributed by atoms with van der Waals surface area (Å²) in [6.45, 7) is 2.33. The van der Waals surface area contributed by atoms with Crippen LogP contribution in [0.5, 0.6) is 0 Å². The second kappa shape index (κ2) is 6.13. The molecule has 3 N–H and O–H groups in total. The topological polar surface area (TPSA) is 78.9 Å². The Kier molecular flexibility index (Phi) is 4.49. The van der Waals surface area contributed by atoms with E-state index in [2.05, 4.69) is 5.16 Å². The summed E-state index contributed by atoms with van der Waals surface area (Å²) in [6.07, 6.45) is 2.38. The van der Waals surface area contributed by atoms with Crippen LogP contribution in [-0.2, 0) is 0 Å². The van der Waals surface area contributed by atoms with Gasteiger partial charge in [-0.2, -0.15) is 0 Å². The first kappa shape index (κ1) is 14.7. The lowest BCUT2D eigenvalue weighted by atomic mass is 10.1. The molecule has 6 heteroatoms. The summed E-state index contributed by atoms with van der Waals surface area (Å²) < 4.78 is 0. The van der Waals surface area contributed by atoms with Gasteiger partial charge in [0.1, 0.15) is 5.84 Å². The van der Waals surface area contributed by atoms with Gasteiger partial charge >= 0.3 is 0 Å². The summed E-state index contributed by atoms with van der Waals surface area (Å²) in [4.78, 5) is 14.4. The van der Waals surface area contributed by atoms with E-state index in [0.29, 0.717) is 23.6 Å². The summed E-state index contributed by atoms with van der Waals surface area (Å²) >= 11 is 5.91. The summed E-state index contributed by atoms with van der Waals surface area (Å²) in [7, 11) is 0. The summed E-state index contributed by atoms with van der Waals surface area (Å²) in [5.41, 5.74) is 6.99. The maximum Gasteiger partial charge on any atom is 0.254 e. The van der Waals surface area contributed by atoms with Crippen LogP contribution in [0.25, 0.3) is 0 Å². The van der Waals surface area contributed by atoms with Gasteiger partial charge in [-0.3, -0.25) is 4.79 Å². The van der Waals surface area contributed by atoms with Crippen molar-refractivity contribution in [2.45, 2.75) is 32.2 Å². The van der Waals surface area contributed by atoms with Crippen molar-refractivity contribution in [3.05, 3.63) is 34.3 Å². The molecule has 1 amide bonds. The van der Waals surface area contributed by atoms with Crippen molar-refractivity contribution in [3.63, 3.8) is 0 Å². The second-order valence-corrected chi connectivity index (χ2v) is 5.47. The number of carbonyl (C=O) groups excluding carboxylic acids is 1. The Hall–Kier alpha value is -1.75. The van der Waals surface area contributed by atoms with Crippen LogP contribution in [-0.4, -0.2) is 34.4 Å². The molecule has 20 heavy (non-hydrogen) atoms. The molecule has 108 valence electrons. The smallest absolute Gasteiger partial charge is 0.254 e. The van der Waals surface area contributed by atoms with Gasteiger partial charge in [-0.25, -0.2) is 0 Å². The zero-order valence-corrected chi connectivity index (χ0v) is 12.1. The van der Waals surface area contributed by atoms with Crippen LogP contribution in [0.1, 0.15) is 35.2 Å². The number of nitrogens with two attached hydrogens (primary N) is 1. The molecule has 0 atom stereocenters. The number of oxime groups is 1. The first-order chi connectivity index (χ1) is 9.52.